The molecule has 148 valence electrons. The minimum absolute atomic E-state index is 0. The van der Waals surface area contributed by atoms with Crippen molar-refractivity contribution >= 4 is 29.9 Å². The summed E-state index contributed by atoms with van der Waals surface area (Å²) in [7, 11) is 0. The van der Waals surface area contributed by atoms with Gasteiger partial charge in [0.1, 0.15) is 17.1 Å². The van der Waals surface area contributed by atoms with Crippen LogP contribution in [0.5, 0.6) is 0 Å². The highest BCUT2D eigenvalue weighted by molar-refractivity contribution is 14.0. The van der Waals surface area contributed by atoms with E-state index in [-0.39, 0.29) is 30.5 Å². The quantitative estimate of drug-likeness (QED) is 0.334. The van der Waals surface area contributed by atoms with Gasteiger partial charge in [0.2, 0.25) is 0 Å². The van der Waals surface area contributed by atoms with Crippen LogP contribution < -0.4 is 10.6 Å². The molecule has 1 aromatic heterocycles. The van der Waals surface area contributed by atoms with Crippen molar-refractivity contribution in [3.8, 4) is 0 Å². The van der Waals surface area contributed by atoms with Gasteiger partial charge in [-0.2, -0.15) is 0 Å². The van der Waals surface area contributed by atoms with Gasteiger partial charge in [-0.25, -0.2) is 4.99 Å². The van der Waals surface area contributed by atoms with E-state index in [2.05, 4.69) is 39.9 Å². The van der Waals surface area contributed by atoms with E-state index in [0.717, 1.165) is 42.6 Å². The molecule has 0 saturated carbocycles. The molecule has 2 unspecified atom stereocenters. The first-order valence-electron chi connectivity index (χ1n) is 9.30. The predicted molar refractivity (Wildman–Crippen MR) is 120 cm³/mol. The number of nitrogens with one attached hydrogen (secondary N) is 2. The van der Waals surface area contributed by atoms with Gasteiger partial charge < -0.3 is 20.2 Å². The van der Waals surface area contributed by atoms with Crippen LogP contribution in [0.25, 0.3) is 0 Å². The third kappa shape index (κ3) is 5.04. The lowest BCUT2D eigenvalue weighted by Crippen LogP contribution is -2.42. The second kappa shape index (κ2) is 9.10. The number of nitrogens with zero attached hydrogens (tertiary/aromatic N) is 1. The van der Waals surface area contributed by atoms with Crippen molar-refractivity contribution < 1.29 is 9.52 Å². The van der Waals surface area contributed by atoms with Crippen LogP contribution in [0.2, 0.25) is 0 Å². The average Bonchev–Trinajstić information content (AvgIpc) is 2.93. The summed E-state index contributed by atoms with van der Waals surface area (Å²) in [5.41, 5.74) is 2.60. The van der Waals surface area contributed by atoms with Gasteiger partial charge in [0.05, 0.1) is 6.54 Å². The number of furan rings is 1. The Labute approximate surface area is 178 Å². The molecule has 27 heavy (non-hydrogen) atoms. The Morgan fingerprint density at radius 3 is 2.67 bits per heavy atom. The Balaban J connectivity index is 0.00000261. The van der Waals surface area contributed by atoms with Gasteiger partial charge in [0, 0.05) is 24.6 Å². The number of halogens is 1. The lowest BCUT2D eigenvalue weighted by atomic mass is 9.78. The first kappa shape index (κ1) is 21.8. The van der Waals surface area contributed by atoms with Crippen molar-refractivity contribution in [1.82, 2.24) is 10.6 Å². The van der Waals surface area contributed by atoms with E-state index in [4.69, 9.17) is 4.42 Å². The Hall–Kier alpha value is -1.54. The molecular weight excluding hydrogens is 453 g/mol. The van der Waals surface area contributed by atoms with Crippen molar-refractivity contribution in [2.45, 2.75) is 45.6 Å². The highest BCUT2D eigenvalue weighted by Crippen LogP contribution is 2.34. The monoisotopic (exact) mass is 483 g/mol. The number of rotatable bonds is 6. The van der Waals surface area contributed by atoms with Crippen LogP contribution in [0.3, 0.4) is 0 Å². The van der Waals surface area contributed by atoms with Crippen LogP contribution in [0, 0.1) is 13.8 Å². The summed E-state index contributed by atoms with van der Waals surface area (Å²) in [5, 5.41) is 17.5. The van der Waals surface area contributed by atoms with Crippen LogP contribution in [-0.2, 0) is 12.0 Å². The maximum atomic E-state index is 10.8. The lowest BCUT2D eigenvalue weighted by molar-refractivity contribution is 0.0657. The Morgan fingerprint density at radius 2 is 2.04 bits per heavy atom. The minimum Gasteiger partial charge on any atom is -0.466 e. The van der Waals surface area contributed by atoms with E-state index in [0.29, 0.717) is 5.92 Å². The molecule has 0 aliphatic heterocycles. The molecule has 5 nitrogen and oxygen atoms in total. The van der Waals surface area contributed by atoms with Crippen molar-refractivity contribution in [2.75, 3.05) is 19.6 Å². The van der Waals surface area contributed by atoms with Crippen molar-refractivity contribution in [3.63, 3.8) is 0 Å². The number of aliphatic hydroxyl groups is 1. The topological polar surface area (TPSA) is 69.8 Å². The molecule has 3 N–H and O–H groups in total. The van der Waals surface area contributed by atoms with Crippen LogP contribution in [0.1, 0.15) is 48.0 Å². The number of fused-ring (bicyclic) bond motifs is 1. The molecule has 0 fully saturated rings. The van der Waals surface area contributed by atoms with E-state index < -0.39 is 5.60 Å². The van der Waals surface area contributed by atoms with Gasteiger partial charge >= 0.3 is 0 Å². The fourth-order valence-corrected chi connectivity index (χ4v) is 3.59. The number of hydrogen-bond donors (Lipinski definition) is 3. The third-order valence-corrected chi connectivity index (χ3v) is 4.99. The van der Waals surface area contributed by atoms with Gasteiger partial charge in [-0.15, -0.1) is 24.0 Å². The molecule has 3 rings (SSSR count). The zero-order chi connectivity index (χ0) is 18.7. The summed E-state index contributed by atoms with van der Waals surface area (Å²) in [6, 6.07) is 10.5. The number of guanidine groups is 1. The molecule has 1 aliphatic carbocycles. The SMILES string of the molecule is CCNC(=NCC(C)(O)c1cc(C)oc1C)NCC1Cc2ccccc21.I. The van der Waals surface area contributed by atoms with Crippen LogP contribution in [-0.4, -0.2) is 30.7 Å². The molecule has 2 atom stereocenters. The molecule has 0 amide bonds. The summed E-state index contributed by atoms with van der Waals surface area (Å²) >= 11 is 0. The highest BCUT2D eigenvalue weighted by atomic mass is 127. The van der Waals surface area contributed by atoms with Gasteiger partial charge in [-0.05, 0) is 51.3 Å². The Morgan fingerprint density at radius 1 is 1.30 bits per heavy atom. The highest BCUT2D eigenvalue weighted by Gasteiger charge is 2.28. The smallest absolute Gasteiger partial charge is 0.191 e. The number of aryl methyl sites for hydroxylation is 2. The zero-order valence-electron chi connectivity index (χ0n) is 16.5. The lowest BCUT2D eigenvalue weighted by Gasteiger charge is -2.30. The van der Waals surface area contributed by atoms with E-state index in [9.17, 15) is 5.11 Å². The first-order chi connectivity index (χ1) is 12.4. The normalized spacial score (nSPS) is 18.0. The zero-order valence-corrected chi connectivity index (χ0v) is 18.8. The van der Waals surface area contributed by atoms with Crippen molar-refractivity contribution in [3.05, 3.63) is 58.5 Å². The number of benzene rings is 1. The fraction of sp³-hybridized carbons (Fsp3) is 0.476. The summed E-state index contributed by atoms with van der Waals surface area (Å²) in [6.45, 7) is 9.46. The van der Waals surface area contributed by atoms with E-state index >= 15 is 0 Å². The standard InChI is InChI=1S/C21H29N3O2.HI/c1-5-22-20(23-12-17-11-16-8-6-7-9-18(16)17)24-13-21(4,25)19-10-14(2)26-15(19)3;/h6-10,17,25H,5,11-13H2,1-4H3,(H2,22,23,24);1H. The molecule has 0 radical (unpaired) electrons. The fourth-order valence-electron chi connectivity index (χ4n) is 3.59. The van der Waals surface area contributed by atoms with Gasteiger partial charge in [-0.1, -0.05) is 24.3 Å². The Bertz CT molecular complexity index is 798. The summed E-state index contributed by atoms with van der Waals surface area (Å²) in [5.74, 6) is 2.80. The second-order valence-corrected chi connectivity index (χ2v) is 7.28. The molecule has 1 aromatic carbocycles. The predicted octanol–water partition coefficient (Wildman–Crippen LogP) is 3.62. The van der Waals surface area contributed by atoms with E-state index in [1.165, 1.54) is 11.1 Å². The van der Waals surface area contributed by atoms with E-state index in [1.54, 1.807) is 6.92 Å². The van der Waals surface area contributed by atoms with Crippen LogP contribution >= 0.6 is 24.0 Å². The number of aliphatic imine (C=N–C) groups is 1. The summed E-state index contributed by atoms with van der Waals surface area (Å²) < 4.78 is 5.55. The van der Waals surface area contributed by atoms with Crippen LogP contribution in [0.15, 0.2) is 39.7 Å². The maximum absolute atomic E-state index is 10.8. The van der Waals surface area contributed by atoms with Gasteiger partial charge in [0.25, 0.3) is 0 Å². The van der Waals surface area contributed by atoms with Crippen molar-refractivity contribution in [2.24, 2.45) is 4.99 Å². The largest absolute Gasteiger partial charge is 0.466 e. The summed E-state index contributed by atoms with van der Waals surface area (Å²) in [6.07, 6.45) is 1.10. The molecule has 1 heterocycles. The van der Waals surface area contributed by atoms with Crippen LogP contribution in [0.4, 0.5) is 0 Å². The second-order valence-electron chi connectivity index (χ2n) is 7.28. The third-order valence-electron chi connectivity index (χ3n) is 4.99. The summed E-state index contributed by atoms with van der Waals surface area (Å²) in [4.78, 5) is 4.60. The molecule has 6 heteroatoms. The molecule has 0 saturated heterocycles. The number of hydrogen-bond acceptors (Lipinski definition) is 3. The maximum Gasteiger partial charge on any atom is 0.191 e. The Kier molecular flexibility index (Phi) is 7.33. The molecular formula is C21H30IN3O2. The van der Waals surface area contributed by atoms with Gasteiger partial charge in [-0.3, -0.25) is 0 Å². The molecule has 0 spiro atoms. The van der Waals surface area contributed by atoms with Gasteiger partial charge in [0.15, 0.2) is 5.96 Å². The van der Waals surface area contributed by atoms with E-state index in [1.807, 2.05) is 26.8 Å². The molecule has 1 aliphatic rings. The first-order valence-corrected chi connectivity index (χ1v) is 9.30. The van der Waals surface area contributed by atoms with Crippen molar-refractivity contribution in [1.29, 1.82) is 0 Å². The molecule has 2 aromatic rings. The average molecular weight is 483 g/mol. The minimum atomic E-state index is -1.06. The molecule has 0 bridgehead atoms.